The van der Waals surface area contributed by atoms with Crippen molar-refractivity contribution in [2.45, 2.75) is 6.54 Å². The Morgan fingerprint density at radius 1 is 1.00 bits per heavy atom. The van der Waals surface area contributed by atoms with Crippen LogP contribution >= 0.6 is 11.6 Å². The maximum absolute atomic E-state index is 13.2. The Morgan fingerprint density at radius 2 is 1.71 bits per heavy atom. The molecule has 34 heavy (non-hydrogen) atoms. The van der Waals surface area contributed by atoms with Crippen LogP contribution in [0.3, 0.4) is 0 Å². The lowest BCUT2D eigenvalue weighted by molar-refractivity contribution is 0.0781. The molecule has 0 radical (unpaired) electrons. The molecule has 7 heteroatoms. The van der Waals surface area contributed by atoms with E-state index in [2.05, 4.69) is 0 Å². The minimum Gasteiger partial charge on any atom is -0.422 e. The topological polar surface area (TPSA) is 68.3 Å². The summed E-state index contributed by atoms with van der Waals surface area (Å²) in [5.41, 5.74) is 3.10. The van der Waals surface area contributed by atoms with Gasteiger partial charge in [-0.15, -0.1) is 0 Å². The average Bonchev–Trinajstić information content (AvgIpc) is 3.28. The molecule has 0 aliphatic heterocycles. The summed E-state index contributed by atoms with van der Waals surface area (Å²) in [6.07, 6.45) is 1.89. The molecule has 0 saturated carbocycles. The predicted octanol–water partition coefficient (Wildman–Crippen LogP) is 5.57. The summed E-state index contributed by atoms with van der Waals surface area (Å²) in [5.74, 6) is -0.422. The zero-order valence-electron chi connectivity index (χ0n) is 18.3. The number of para-hydroxylation sites is 2. The number of nitrogens with zero attached hydrogens (tertiary/aromatic N) is 3. The van der Waals surface area contributed by atoms with Crippen LogP contribution in [0.25, 0.3) is 27.9 Å². The van der Waals surface area contributed by atoms with Gasteiger partial charge in [0.2, 0.25) is 0 Å². The second kappa shape index (κ2) is 9.00. The van der Waals surface area contributed by atoms with Crippen molar-refractivity contribution >= 4 is 28.5 Å². The average molecular weight is 470 g/mol. The number of rotatable bonds is 5. The van der Waals surface area contributed by atoms with Gasteiger partial charge in [-0.25, -0.2) is 9.48 Å². The number of fused-ring (bicyclic) bond motifs is 1. The van der Waals surface area contributed by atoms with Crippen molar-refractivity contribution in [2.24, 2.45) is 0 Å². The monoisotopic (exact) mass is 469 g/mol. The van der Waals surface area contributed by atoms with Crippen molar-refractivity contribution < 1.29 is 9.21 Å². The molecule has 2 heterocycles. The standard InChI is InChI=1S/C27H20ClN3O3/c1-30(26(32)23-15-19-7-5-6-10-24(19)34-27(23)33)16-20-17-31(22-8-3-2-4-9-22)29-25(20)18-11-13-21(28)14-12-18/h2-15,17H,16H2,1H3. The summed E-state index contributed by atoms with van der Waals surface area (Å²) < 4.78 is 7.13. The summed E-state index contributed by atoms with van der Waals surface area (Å²) in [6, 6.07) is 25.8. The van der Waals surface area contributed by atoms with Gasteiger partial charge in [0.15, 0.2) is 0 Å². The molecule has 0 aliphatic carbocycles. The molecule has 5 aromatic rings. The summed E-state index contributed by atoms with van der Waals surface area (Å²) in [4.78, 5) is 27.2. The molecule has 168 valence electrons. The van der Waals surface area contributed by atoms with E-state index in [4.69, 9.17) is 21.1 Å². The Morgan fingerprint density at radius 3 is 2.47 bits per heavy atom. The number of hydrogen-bond donors (Lipinski definition) is 0. The molecule has 5 rings (SSSR count). The molecule has 0 fully saturated rings. The van der Waals surface area contributed by atoms with E-state index in [-0.39, 0.29) is 12.1 Å². The van der Waals surface area contributed by atoms with E-state index >= 15 is 0 Å². The Balaban J connectivity index is 1.51. The summed E-state index contributed by atoms with van der Waals surface area (Å²) in [7, 11) is 1.66. The number of carbonyl (C=O) groups excluding carboxylic acids is 1. The number of amides is 1. The number of aromatic nitrogens is 2. The third-order valence-electron chi connectivity index (χ3n) is 5.55. The molecule has 0 aliphatic rings. The summed E-state index contributed by atoms with van der Waals surface area (Å²) in [6.45, 7) is 0.246. The largest absolute Gasteiger partial charge is 0.422 e. The SMILES string of the molecule is CN(Cc1cn(-c2ccccc2)nc1-c1ccc(Cl)cc1)C(=O)c1cc2ccccc2oc1=O. The van der Waals surface area contributed by atoms with Gasteiger partial charge in [0.25, 0.3) is 5.91 Å². The molecule has 1 amide bonds. The van der Waals surface area contributed by atoms with Crippen molar-refractivity contribution in [3.63, 3.8) is 0 Å². The fraction of sp³-hybridized carbons (Fsp3) is 0.0741. The molecule has 0 spiro atoms. The molecular weight excluding hydrogens is 450 g/mol. The third-order valence-corrected chi connectivity index (χ3v) is 5.81. The maximum atomic E-state index is 13.2. The van der Waals surface area contributed by atoms with Crippen LogP contribution in [-0.2, 0) is 6.54 Å². The summed E-state index contributed by atoms with van der Waals surface area (Å²) >= 11 is 6.07. The minimum absolute atomic E-state index is 0.00954. The van der Waals surface area contributed by atoms with Crippen LogP contribution < -0.4 is 5.63 Å². The third kappa shape index (κ3) is 4.23. The fourth-order valence-electron chi connectivity index (χ4n) is 3.83. The van der Waals surface area contributed by atoms with E-state index in [9.17, 15) is 9.59 Å². The van der Waals surface area contributed by atoms with Crippen LogP contribution in [0, 0.1) is 0 Å². The minimum atomic E-state index is -0.659. The molecule has 0 unspecified atom stereocenters. The second-order valence-corrected chi connectivity index (χ2v) is 8.37. The Labute approximate surface area is 200 Å². The van der Waals surface area contributed by atoms with Crippen LogP contribution in [0.1, 0.15) is 15.9 Å². The highest BCUT2D eigenvalue weighted by atomic mass is 35.5. The number of hydrogen-bond acceptors (Lipinski definition) is 4. The molecular formula is C27H20ClN3O3. The Hall–Kier alpha value is -4.16. The molecule has 0 saturated heterocycles. The van der Waals surface area contributed by atoms with E-state index in [0.717, 1.165) is 22.5 Å². The number of halogens is 1. The first-order chi connectivity index (χ1) is 16.5. The molecule has 0 atom stereocenters. The highest BCUT2D eigenvalue weighted by Crippen LogP contribution is 2.26. The Kier molecular flexibility index (Phi) is 5.74. The van der Waals surface area contributed by atoms with Gasteiger partial charge >= 0.3 is 5.63 Å². The lowest BCUT2D eigenvalue weighted by Gasteiger charge is -2.17. The van der Waals surface area contributed by atoms with Crippen LogP contribution in [0.5, 0.6) is 0 Å². The van der Waals surface area contributed by atoms with Crippen molar-refractivity contribution in [2.75, 3.05) is 7.05 Å². The van der Waals surface area contributed by atoms with E-state index in [1.165, 1.54) is 4.90 Å². The van der Waals surface area contributed by atoms with Crippen molar-refractivity contribution in [3.05, 3.63) is 118 Å². The number of benzene rings is 3. The van der Waals surface area contributed by atoms with Gasteiger partial charge < -0.3 is 9.32 Å². The van der Waals surface area contributed by atoms with Gasteiger partial charge in [0.1, 0.15) is 11.1 Å². The van der Waals surface area contributed by atoms with Crippen molar-refractivity contribution in [1.82, 2.24) is 14.7 Å². The Bertz CT molecular complexity index is 1540. The zero-order valence-corrected chi connectivity index (χ0v) is 19.1. The van der Waals surface area contributed by atoms with Gasteiger partial charge in [-0.3, -0.25) is 4.79 Å². The van der Waals surface area contributed by atoms with E-state index in [1.54, 1.807) is 48.1 Å². The van der Waals surface area contributed by atoms with E-state index in [1.807, 2.05) is 54.7 Å². The van der Waals surface area contributed by atoms with Gasteiger partial charge in [-0.2, -0.15) is 5.10 Å². The highest BCUT2D eigenvalue weighted by molar-refractivity contribution is 6.30. The van der Waals surface area contributed by atoms with Gasteiger partial charge in [0.05, 0.1) is 11.4 Å². The molecule has 2 aromatic heterocycles. The summed E-state index contributed by atoms with van der Waals surface area (Å²) in [5, 5.41) is 6.10. The lowest BCUT2D eigenvalue weighted by Crippen LogP contribution is -2.30. The van der Waals surface area contributed by atoms with Gasteiger partial charge in [0, 0.05) is 41.3 Å². The zero-order chi connectivity index (χ0) is 23.7. The number of carbonyl (C=O) groups is 1. The van der Waals surface area contributed by atoms with Crippen molar-refractivity contribution in [3.8, 4) is 16.9 Å². The molecule has 3 aromatic carbocycles. The normalized spacial score (nSPS) is 11.0. The predicted molar refractivity (Wildman–Crippen MR) is 132 cm³/mol. The quantitative estimate of drug-likeness (QED) is 0.315. The highest BCUT2D eigenvalue weighted by Gasteiger charge is 2.21. The first-order valence-electron chi connectivity index (χ1n) is 10.7. The van der Waals surface area contributed by atoms with Crippen LogP contribution in [-0.4, -0.2) is 27.6 Å². The van der Waals surface area contributed by atoms with Crippen LogP contribution in [0.15, 0.2) is 100 Å². The fourth-order valence-corrected chi connectivity index (χ4v) is 3.96. The van der Waals surface area contributed by atoms with Gasteiger partial charge in [-0.1, -0.05) is 60.1 Å². The first kappa shape index (κ1) is 21.7. The molecule has 0 bridgehead atoms. The maximum Gasteiger partial charge on any atom is 0.349 e. The van der Waals surface area contributed by atoms with Crippen LogP contribution in [0.4, 0.5) is 0 Å². The van der Waals surface area contributed by atoms with E-state index in [0.29, 0.717) is 16.0 Å². The molecule has 0 N–H and O–H groups in total. The smallest absolute Gasteiger partial charge is 0.349 e. The first-order valence-corrected chi connectivity index (χ1v) is 11.1. The van der Waals surface area contributed by atoms with Crippen molar-refractivity contribution in [1.29, 1.82) is 0 Å². The second-order valence-electron chi connectivity index (χ2n) is 7.94. The lowest BCUT2D eigenvalue weighted by atomic mass is 10.1. The van der Waals surface area contributed by atoms with Crippen LogP contribution in [0.2, 0.25) is 5.02 Å². The molecule has 6 nitrogen and oxygen atoms in total. The van der Waals surface area contributed by atoms with Gasteiger partial charge in [-0.05, 0) is 36.4 Å². The van der Waals surface area contributed by atoms with E-state index < -0.39 is 11.5 Å².